The Bertz CT molecular complexity index is 1060. The SMILES string of the molecule is O=C(/C=C/c1ccccc1F)OCC(=O)N(c1ccccc1)[C@@H]1C=CS(=O)(=O)C1. The van der Waals surface area contributed by atoms with E-state index < -0.39 is 40.2 Å². The highest BCUT2D eigenvalue weighted by molar-refractivity contribution is 7.94. The van der Waals surface area contributed by atoms with Crippen LogP contribution < -0.4 is 4.90 Å². The number of sulfone groups is 1. The zero-order valence-electron chi connectivity index (χ0n) is 15.3. The summed E-state index contributed by atoms with van der Waals surface area (Å²) in [5.41, 5.74) is 0.699. The van der Waals surface area contributed by atoms with Crippen molar-refractivity contribution < 1.29 is 27.1 Å². The van der Waals surface area contributed by atoms with E-state index >= 15 is 0 Å². The summed E-state index contributed by atoms with van der Waals surface area (Å²) in [5, 5.41) is 1.07. The van der Waals surface area contributed by atoms with Crippen LogP contribution in [0.3, 0.4) is 0 Å². The maximum absolute atomic E-state index is 13.6. The van der Waals surface area contributed by atoms with Gasteiger partial charge in [-0.15, -0.1) is 0 Å². The van der Waals surface area contributed by atoms with Crippen LogP contribution in [-0.2, 0) is 24.2 Å². The van der Waals surface area contributed by atoms with Crippen molar-refractivity contribution in [1.29, 1.82) is 0 Å². The van der Waals surface area contributed by atoms with E-state index in [1.54, 1.807) is 36.4 Å². The number of benzene rings is 2. The van der Waals surface area contributed by atoms with Gasteiger partial charge in [0.2, 0.25) is 0 Å². The molecule has 0 aromatic heterocycles. The maximum Gasteiger partial charge on any atom is 0.331 e. The van der Waals surface area contributed by atoms with Crippen LogP contribution in [0, 0.1) is 5.82 Å². The normalized spacial score (nSPS) is 17.3. The van der Waals surface area contributed by atoms with Gasteiger partial charge in [-0.25, -0.2) is 17.6 Å². The van der Waals surface area contributed by atoms with Crippen LogP contribution in [0.15, 0.2) is 72.2 Å². The number of esters is 1. The predicted molar refractivity (Wildman–Crippen MR) is 107 cm³/mol. The Hall–Kier alpha value is -3.26. The summed E-state index contributed by atoms with van der Waals surface area (Å²) in [6.07, 6.45) is 3.71. The number of hydrogen-bond acceptors (Lipinski definition) is 5. The van der Waals surface area contributed by atoms with Crippen LogP contribution in [0.2, 0.25) is 0 Å². The minimum Gasteiger partial charge on any atom is -0.452 e. The lowest BCUT2D eigenvalue weighted by Gasteiger charge is -2.27. The van der Waals surface area contributed by atoms with E-state index in [4.69, 9.17) is 4.74 Å². The third kappa shape index (κ3) is 5.39. The number of carbonyl (C=O) groups excluding carboxylic acids is 2. The lowest BCUT2D eigenvalue weighted by molar-refractivity contribution is -0.143. The number of anilines is 1. The van der Waals surface area contributed by atoms with Crippen LogP contribution in [0.5, 0.6) is 0 Å². The monoisotopic (exact) mass is 415 g/mol. The van der Waals surface area contributed by atoms with Gasteiger partial charge in [0.1, 0.15) is 5.82 Å². The molecule has 1 aliphatic rings. The quantitative estimate of drug-likeness (QED) is 0.535. The number of nitrogens with zero attached hydrogens (tertiary/aromatic N) is 1. The van der Waals surface area contributed by atoms with Gasteiger partial charge in [0.15, 0.2) is 16.4 Å². The number of rotatable bonds is 6. The van der Waals surface area contributed by atoms with E-state index in [2.05, 4.69) is 0 Å². The second-order valence-corrected chi connectivity index (χ2v) is 8.22. The van der Waals surface area contributed by atoms with Gasteiger partial charge in [-0.2, -0.15) is 0 Å². The van der Waals surface area contributed by atoms with Gasteiger partial charge >= 0.3 is 5.97 Å². The van der Waals surface area contributed by atoms with Crippen molar-refractivity contribution in [2.24, 2.45) is 0 Å². The molecule has 0 bridgehead atoms. The van der Waals surface area contributed by atoms with E-state index in [-0.39, 0.29) is 11.3 Å². The zero-order valence-corrected chi connectivity index (χ0v) is 16.1. The van der Waals surface area contributed by atoms with Gasteiger partial charge in [0.25, 0.3) is 5.91 Å². The molecule has 3 rings (SSSR count). The summed E-state index contributed by atoms with van der Waals surface area (Å²) in [6, 6.07) is 13.7. The molecule has 0 radical (unpaired) electrons. The van der Waals surface area contributed by atoms with Crippen LogP contribution in [-0.4, -0.2) is 38.7 Å². The number of para-hydroxylation sites is 1. The molecule has 8 heteroatoms. The van der Waals surface area contributed by atoms with Crippen molar-refractivity contribution in [3.05, 3.63) is 83.5 Å². The standard InChI is InChI=1S/C21H18FNO5S/c22-19-9-5-4-6-16(19)10-11-21(25)28-14-20(24)23(17-7-2-1-3-8-17)18-12-13-29(26,27)15-18/h1-13,18H,14-15H2/b11-10+/t18-/m1/s1. The highest BCUT2D eigenvalue weighted by atomic mass is 32.2. The smallest absolute Gasteiger partial charge is 0.331 e. The van der Waals surface area contributed by atoms with Crippen molar-refractivity contribution in [3.8, 4) is 0 Å². The second kappa shape index (κ2) is 8.83. The van der Waals surface area contributed by atoms with Gasteiger partial charge in [-0.1, -0.05) is 36.4 Å². The molecule has 0 saturated carbocycles. The summed E-state index contributed by atoms with van der Waals surface area (Å²) >= 11 is 0. The highest BCUT2D eigenvalue weighted by Crippen LogP contribution is 2.22. The molecule has 6 nitrogen and oxygen atoms in total. The number of carbonyl (C=O) groups is 2. The number of ether oxygens (including phenoxy) is 1. The Labute approximate surface area is 167 Å². The Morgan fingerprint density at radius 1 is 1.10 bits per heavy atom. The van der Waals surface area contributed by atoms with E-state index in [9.17, 15) is 22.4 Å². The van der Waals surface area contributed by atoms with E-state index in [1.165, 1.54) is 35.3 Å². The first-order valence-electron chi connectivity index (χ1n) is 8.73. The van der Waals surface area contributed by atoms with Gasteiger partial charge in [0.05, 0.1) is 11.8 Å². The van der Waals surface area contributed by atoms with Gasteiger partial charge in [0, 0.05) is 22.7 Å². The fourth-order valence-electron chi connectivity index (χ4n) is 2.85. The first-order chi connectivity index (χ1) is 13.9. The molecule has 2 aromatic carbocycles. The topological polar surface area (TPSA) is 80.8 Å². The fourth-order valence-corrected chi connectivity index (χ4v) is 4.12. The molecule has 29 heavy (non-hydrogen) atoms. The van der Waals surface area contributed by atoms with Crippen molar-refractivity contribution in [2.45, 2.75) is 6.04 Å². The minimum absolute atomic E-state index is 0.211. The zero-order chi connectivity index (χ0) is 20.9. The molecule has 1 heterocycles. The Morgan fingerprint density at radius 3 is 2.45 bits per heavy atom. The van der Waals surface area contributed by atoms with Crippen LogP contribution in [0.25, 0.3) is 6.08 Å². The summed E-state index contributed by atoms with van der Waals surface area (Å²) in [6.45, 7) is -0.584. The van der Waals surface area contributed by atoms with Crippen LogP contribution in [0.4, 0.5) is 10.1 Å². The first-order valence-corrected chi connectivity index (χ1v) is 10.4. The average Bonchev–Trinajstić information content (AvgIpc) is 3.06. The number of halogens is 1. The molecule has 2 aromatic rings. The van der Waals surface area contributed by atoms with Gasteiger partial charge in [-0.3, -0.25) is 4.79 Å². The summed E-state index contributed by atoms with van der Waals surface area (Å²) < 4.78 is 42.1. The molecule has 0 fully saturated rings. The third-order valence-electron chi connectivity index (χ3n) is 4.19. The molecule has 1 atom stereocenters. The molecule has 1 aliphatic heterocycles. The third-order valence-corrected chi connectivity index (χ3v) is 5.57. The van der Waals surface area contributed by atoms with Crippen LogP contribution >= 0.6 is 0 Å². The van der Waals surface area contributed by atoms with E-state index in [1.807, 2.05) is 0 Å². The molecule has 0 unspecified atom stereocenters. The summed E-state index contributed by atoms with van der Waals surface area (Å²) in [5.74, 6) is -2.12. The Morgan fingerprint density at radius 2 is 1.79 bits per heavy atom. The predicted octanol–water partition coefficient (Wildman–Crippen LogP) is 2.73. The molecular formula is C21H18FNO5S. The maximum atomic E-state index is 13.6. The summed E-state index contributed by atoms with van der Waals surface area (Å²) in [4.78, 5) is 25.9. The first kappa shape index (κ1) is 20.5. The molecule has 0 saturated heterocycles. The number of hydrogen-bond donors (Lipinski definition) is 0. The largest absolute Gasteiger partial charge is 0.452 e. The molecule has 0 N–H and O–H groups in total. The molecule has 1 amide bonds. The van der Waals surface area contributed by atoms with Crippen molar-refractivity contribution >= 4 is 33.5 Å². The second-order valence-electron chi connectivity index (χ2n) is 6.29. The Kier molecular flexibility index (Phi) is 6.23. The molecular weight excluding hydrogens is 397 g/mol. The van der Waals surface area contributed by atoms with Gasteiger partial charge < -0.3 is 9.64 Å². The van der Waals surface area contributed by atoms with Crippen LogP contribution in [0.1, 0.15) is 5.56 Å². The lowest BCUT2D eigenvalue weighted by Crippen LogP contribution is -2.43. The Balaban J connectivity index is 1.68. The van der Waals surface area contributed by atoms with Gasteiger partial charge in [-0.05, 0) is 30.4 Å². The van der Waals surface area contributed by atoms with E-state index in [0.29, 0.717) is 5.69 Å². The highest BCUT2D eigenvalue weighted by Gasteiger charge is 2.31. The average molecular weight is 415 g/mol. The van der Waals surface area contributed by atoms with Crippen molar-refractivity contribution in [3.63, 3.8) is 0 Å². The molecule has 0 aliphatic carbocycles. The fraction of sp³-hybridized carbons (Fsp3) is 0.143. The molecule has 0 spiro atoms. The summed E-state index contributed by atoms with van der Waals surface area (Å²) in [7, 11) is -3.39. The lowest BCUT2D eigenvalue weighted by atomic mass is 10.2. The molecule has 150 valence electrons. The van der Waals surface area contributed by atoms with Crippen molar-refractivity contribution in [2.75, 3.05) is 17.3 Å². The minimum atomic E-state index is -3.39. The van der Waals surface area contributed by atoms with E-state index in [0.717, 1.165) is 11.5 Å². The van der Waals surface area contributed by atoms with Crippen molar-refractivity contribution in [1.82, 2.24) is 0 Å². The number of amides is 1.